The highest BCUT2D eigenvalue weighted by Crippen LogP contribution is 2.43. The Morgan fingerprint density at radius 3 is 2.69 bits per heavy atom. The molecule has 13 heavy (non-hydrogen) atoms. The van der Waals surface area contributed by atoms with Crippen LogP contribution in [-0.2, 0) is 0 Å². The first-order valence-electron chi connectivity index (χ1n) is 5.10. The van der Waals surface area contributed by atoms with E-state index >= 15 is 0 Å². The van der Waals surface area contributed by atoms with Crippen molar-refractivity contribution < 1.29 is 4.39 Å². The molecule has 0 aromatic rings. The minimum Gasteiger partial charge on any atom is -0.314 e. The van der Waals surface area contributed by atoms with E-state index in [0.717, 1.165) is 19.3 Å². The van der Waals surface area contributed by atoms with E-state index in [9.17, 15) is 4.39 Å². The lowest BCUT2D eigenvalue weighted by molar-refractivity contribution is 0.0755. The summed E-state index contributed by atoms with van der Waals surface area (Å²) in [6.07, 6.45) is 2.21. The zero-order valence-electron chi connectivity index (χ0n) is 8.65. The van der Waals surface area contributed by atoms with Crippen LogP contribution in [0.3, 0.4) is 0 Å². The topological polar surface area (TPSA) is 24.1 Å². The second-order valence-electron chi connectivity index (χ2n) is 5.10. The van der Waals surface area contributed by atoms with Crippen molar-refractivity contribution in [2.75, 3.05) is 7.05 Å². The van der Waals surface area contributed by atoms with E-state index < -0.39 is 6.17 Å². The van der Waals surface area contributed by atoms with Gasteiger partial charge in [-0.05, 0) is 40.2 Å². The van der Waals surface area contributed by atoms with Gasteiger partial charge in [-0.15, -0.1) is 0 Å². The quantitative estimate of drug-likeness (QED) is 0.643. The molecule has 2 rings (SSSR count). The average molecular weight is 186 g/mol. The maximum absolute atomic E-state index is 14.0. The summed E-state index contributed by atoms with van der Waals surface area (Å²) >= 11 is 0. The molecule has 2 nitrogen and oxygen atoms in total. The molecule has 0 aromatic carbocycles. The predicted octanol–water partition coefficient (Wildman–Crippen LogP) is 1.22. The standard InChI is InChI=1S/C10H19FN2/c1-9-4-5-10(2,13-9)8(11)7(6-9)12-3/h7-8,12-13H,4-6H2,1-3H3/t7-,8-,9-,10+/m0/s1. The van der Waals surface area contributed by atoms with Crippen molar-refractivity contribution in [3.63, 3.8) is 0 Å². The van der Waals surface area contributed by atoms with Gasteiger partial charge in [-0.1, -0.05) is 0 Å². The molecule has 2 N–H and O–H groups in total. The van der Waals surface area contributed by atoms with Gasteiger partial charge in [-0.25, -0.2) is 4.39 Å². The molecule has 76 valence electrons. The zero-order valence-corrected chi connectivity index (χ0v) is 8.65. The van der Waals surface area contributed by atoms with Gasteiger partial charge in [0.05, 0.1) is 0 Å². The van der Waals surface area contributed by atoms with Crippen LogP contribution in [0.15, 0.2) is 0 Å². The minimum atomic E-state index is -0.756. The summed E-state index contributed by atoms with van der Waals surface area (Å²) in [5.41, 5.74) is -0.133. The molecule has 2 fully saturated rings. The Morgan fingerprint density at radius 2 is 2.08 bits per heavy atom. The SMILES string of the molecule is CN[C@H]1C[C@]2(C)CC[C@@](C)(N2)[C@H]1F. The van der Waals surface area contributed by atoms with Crippen LogP contribution in [0.25, 0.3) is 0 Å². The lowest BCUT2D eigenvalue weighted by Crippen LogP contribution is -2.65. The summed E-state index contributed by atoms with van der Waals surface area (Å²) in [5.74, 6) is 0. The normalized spacial score (nSPS) is 55.4. The Kier molecular flexibility index (Phi) is 1.93. The van der Waals surface area contributed by atoms with E-state index in [1.807, 2.05) is 14.0 Å². The van der Waals surface area contributed by atoms with E-state index in [4.69, 9.17) is 0 Å². The maximum Gasteiger partial charge on any atom is 0.133 e. The molecule has 0 spiro atoms. The van der Waals surface area contributed by atoms with E-state index in [0.29, 0.717) is 0 Å². The van der Waals surface area contributed by atoms with Crippen molar-refractivity contribution in [1.82, 2.24) is 10.6 Å². The fourth-order valence-corrected chi connectivity index (χ4v) is 2.99. The van der Waals surface area contributed by atoms with Gasteiger partial charge in [0, 0.05) is 17.1 Å². The number of fused-ring (bicyclic) bond motifs is 2. The van der Waals surface area contributed by atoms with Crippen molar-refractivity contribution in [3.05, 3.63) is 0 Å². The van der Waals surface area contributed by atoms with Gasteiger partial charge in [-0.3, -0.25) is 0 Å². The summed E-state index contributed by atoms with van der Waals surface area (Å²) in [7, 11) is 1.86. The number of piperidine rings is 1. The summed E-state index contributed by atoms with van der Waals surface area (Å²) in [4.78, 5) is 0. The van der Waals surface area contributed by atoms with Crippen LogP contribution in [0.2, 0.25) is 0 Å². The van der Waals surface area contributed by atoms with Crippen LogP contribution in [0.1, 0.15) is 33.1 Å². The Morgan fingerprint density at radius 1 is 1.38 bits per heavy atom. The highest BCUT2D eigenvalue weighted by molar-refractivity contribution is 5.14. The largest absolute Gasteiger partial charge is 0.314 e. The predicted molar refractivity (Wildman–Crippen MR) is 51.5 cm³/mol. The summed E-state index contributed by atoms with van der Waals surface area (Å²) in [6.45, 7) is 4.21. The van der Waals surface area contributed by atoms with E-state index in [1.165, 1.54) is 0 Å². The third kappa shape index (κ3) is 1.29. The molecule has 2 heterocycles. The number of nitrogens with one attached hydrogen (secondary N) is 2. The molecule has 0 aliphatic carbocycles. The molecule has 2 bridgehead atoms. The molecule has 0 unspecified atom stereocenters. The molecule has 0 radical (unpaired) electrons. The lowest BCUT2D eigenvalue weighted by Gasteiger charge is -2.44. The van der Waals surface area contributed by atoms with Crippen LogP contribution in [0.4, 0.5) is 4.39 Å². The van der Waals surface area contributed by atoms with Crippen molar-refractivity contribution in [1.29, 1.82) is 0 Å². The molecular weight excluding hydrogens is 167 g/mol. The lowest BCUT2D eigenvalue weighted by atomic mass is 9.83. The third-order valence-electron chi connectivity index (χ3n) is 3.79. The number of hydrogen-bond donors (Lipinski definition) is 2. The fraction of sp³-hybridized carbons (Fsp3) is 1.00. The average Bonchev–Trinajstić information content (AvgIpc) is 2.35. The van der Waals surface area contributed by atoms with E-state index in [2.05, 4.69) is 17.6 Å². The minimum absolute atomic E-state index is 0.0266. The number of alkyl halides is 1. The van der Waals surface area contributed by atoms with Gasteiger partial charge in [0.15, 0.2) is 0 Å². The summed E-state index contributed by atoms with van der Waals surface area (Å²) in [6, 6.07) is 0.0266. The Labute approximate surface area is 79.3 Å². The van der Waals surface area contributed by atoms with Crippen LogP contribution < -0.4 is 10.6 Å². The Bertz CT molecular complexity index is 221. The highest BCUT2D eigenvalue weighted by atomic mass is 19.1. The first-order valence-corrected chi connectivity index (χ1v) is 5.10. The van der Waals surface area contributed by atoms with Crippen LogP contribution in [0.5, 0.6) is 0 Å². The van der Waals surface area contributed by atoms with Crippen molar-refractivity contribution in [2.45, 2.75) is 56.4 Å². The number of halogens is 1. The molecule has 0 saturated carbocycles. The van der Waals surface area contributed by atoms with Crippen LogP contribution in [0, 0.1) is 0 Å². The first-order chi connectivity index (χ1) is 5.99. The second-order valence-corrected chi connectivity index (χ2v) is 5.10. The molecule has 4 atom stereocenters. The van der Waals surface area contributed by atoms with Crippen LogP contribution in [-0.4, -0.2) is 30.3 Å². The summed E-state index contributed by atoms with van der Waals surface area (Å²) < 4.78 is 14.0. The molecule has 2 aliphatic rings. The molecule has 0 aromatic heterocycles. The number of rotatable bonds is 1. The van der Waals surface area contributed by atoms with Crippen LogP contribution >= 0.6 is 0 Å². The van der Waals surface area contributed by atoms with Crippen molar-refractivity contribution >= 4 is 0 Å². The third-order valence-corrected chi connectivity index (χ3v) is 3.79. The van der Waals surface area contributed by atoms with Gasteiger partial charge < -0.3 is 10.6 Å². The molecule has 0 amide bonds. The second kappa shape index (κ2) is 2.67. The van der Waals surface area contributed by atoms with E-state index in [1.54, 1.807) is 0 Å². The Hall–Kier alpha value is -0.150. The fourth-order valence-electron chi connectivity index (χ4n) is 2.99. The number of hydrogen-bond acceptors (Lipinski definition) is 2. The molecular formula is C10H19FN2. The van der Waals surface area contributed by atoms with Crippen molar-refractivity contribution in [2.24, 2.45) is 0 Å². The first kappa shape index (κ1) is 9.41. The summed E-state index contributed by atoms with van der Waals surface area (Å²) in [5, 5.41) is 6.53. The smallest absolute Gasteiger partial charge is 0.133 e. The Balaban J connectivity index is 2.24. The monoisotopic (exact) mass is 186 g/mol. The maximum atomic E-state index is 14.0. The zero-order chi connectivity index (χ0) is 9.69. The van der Waals surface area contributed by atoms with Gasteiger partial charge in [0.2, 0.25) is 0 Å². The van der Waals surface area contributed by atoms with Crippen molar-refractivity contribution in [3.8, 4) is 0 Å². The molecule has 2 aliphatic heterocycles. The van der Waals surface area contributed by atoms with Gasteiger partial charge in [0.25, 0.3) is 0 Å². The van der Waals surface area contributed by atoms with E-state index in [-0.39, 0.29) is 17.1 Å². The molecule has 3 heteroatoms. The van der Waals surface area contributed by atoms with Gasteiger partial charge in [-0.2, -0.15) is 0 Å². The molecule has 2 saturated heterocycles. The van der Waals surface area contributed by atoms with Gasteiger partial charge >= 0.3 is 0 Å². The highest BCUT2D eigenvalue weighted by Gasteiger charge is 2.54. The van der Waals surface area contributed by atoms with Gasteiger partial charge in [0.1, 0.15) is 6.17 Å².